The van der Waals surface area contributed by atoms with E-state index in [-0.39, 0.29) is 12.5 Å². The van der Waals surface area contributed by atoms with Crippen molar-refractivity contribution in [2.24, 2.45) is 0 Å². The number of esters is 1. The summed E-state index contributed by atoms with van der Waals surface area (Å²) in [5, 5.41) is 5.61. The molecule has 2 aromatic heterocycles. The number of carbonyl (C=O) groups excluding carboxylic acids is 3. The Balaban J connectivity index is 1.79. The number of carbonyl (C=O) groups is 3. The van der Waals surface area contributed by atoms with Crippen molar-refractivity contribution >= 4 is 50.7 Å². The van der Waals surface area contributed by atoms with Gasteiger partial charge in [0.05, 0.1) is 18.8 Å². The molecule has 0 aliphatic carbocycles. The summed E-state index contributed by atoms with van der Waals surface area (Å²) < 4.78 is 5.91. The van der Waals surface area contributed by atoms with E-state index in [4.69, 9.17) is 4.74 Å². The Morgan fingerprint density at radius 2 is 1.76 bits per heavy atom. The molecule has 0 radical (unpaired) electrons. The first-order chi connectivity index (χ1) is 13.8. The first-order valence-electron chi connectivity index (χ1n) is 8.54. The summed E-state index contributed by atoms with van der Waals surface area (Å²) in [5.74, 6) is -1.14. The molecule has 29 heavy (non-hydrogen) atoms. The number of nitrogens with one attached hydrogen (secondary N) is 2. The van der Waals surface area contributed by atoms with Gasteiger partial charge in [0, 0.05) is 18.3 Å². The van der Waals surface area contributed by atoms with Crippen LogP contribution in [0.1, 0.15) is 22.2 Å². The van der Waals surface area contributed by atoms with Crippen molar-refractivity contribution in [1.29, 1.82) is 0 Å². The zero-order valence-corrected chi connectivity index (χ0v) is 16.8. The Morgan fingerprint density at radius 1 is 1.14 bits per heavy atom. The molecule has 2 amide bonds. The Kier molecular flexibility index (Phi) is 5.74. The number of nitrogens with zero attached hydrogens (tertiary/aromatic N) is 2. The van der Waals surface area contributed by atoms with E-state index in [2.05, 4.69) is 15.6 Å². The van der Waals surface area contributed by atoms with E-state index in [0.29, 0.717) is 32.0 Å². The zero-order valence-electron chi connectivity index (χ0n) is 15.9. The molecule has 150 valence electrons. The first kappa shape index (κ1) is 20.2. The number of aromatic nitrogens is 2. The lowest BCUT2D eigenvalue weighted by molar-refractivity contribution is -0.117. The molecule has 2 heterocycles. The summed E-state index contributed by atoms with van der Waals surface area (Å²) in [4.78, 5) is 52.9. The number of hydrogen-bond donors (Lipinski definition) is 2. The second kappa shape index (κ2) is 8.23. The largest absolute Gasteiger partial charge is 0.465 e. The van der Waals surface area contributed by atoms with Crippen molar-refractivity contribution in [2.45, 2.75) is 20.4 Å². The average Bonchev–Trinajstić information content (AvgIpc) is 3.02. The fourth-order valence-corrected chi connectivity index (χ4v) is 3.81. The van der Waals surface area contributed by atoms with Crippen LogP contribution >= 0.6 is 11.3 Å². The maximum atomic E-state index is 12.8. The minimum absolute atomic E-state index is 0.192. The van der Waals surface area contributed by atoms with Crippen LogP contribution in [0.2, 0.25) is 0 Å². The lowest BCUT2D eigenvalue weighted by Gasteiger charge is -2.08. The number of benzene rings is 1. The SMILES string of the molecule is COC(=O)c1sc2ncn(CC(=O)Nc3ccc(NC(C)=O)cc3)c(=O)c2c1C. The number of ether oxygens (including phenoxy) is 1. The minimum atomic E-state index is -0.531. The van der Waals surface area contributed by atoms with Crippen molar-refractivity contribution in [3.8, 4) is 0 Å². The molecule has 0 saturated heterocycles. The Hall–Kier alpha value is -3.53. The van der Waals surface area contributed by atoms with Gasteiger partial charge < -0.3 is 15.4 Å². The molecule has 2 N–H and O–H groups in total. The number of amides is 2. The minimum Gasteiger partial charge on any atom is -0.465 e. The van der Waals surface area contributed by atoms with Crippen LogP contribution in [-0.4, -0.2) is 34.4 Å². The Morgan fingerprint density at radius 3 is 2.34 bits per heavy atom. The van der Waals surface area contributed by atoms with Crippen molar-refractivity contribution in [1.82, 2.24) is 9.55 Å². The highest BCUT2D eigenvalue weighted by atomic mass is 32.1. The number of thiophene rings is 1. The molecule has 0 bridgehead atoms. The van der Waals surface area contributed by atoms with Crippen LogP contribution in [0.25, 0.3) is 10.2 Å². The van der Waals surface area contributed by atoms with Crippen LogP contribution in [0, 0.1) is 6.92 Å². The van der Waals surface area contributed by atoms with E-state index < -0.39 is 17.4 Å². The summed E-state index contributed by atoms with van der Waals surface area (Å²) in [5.41, 5.74) is 1.20. The third-order valence-corrected chi connectivity index (χ3v) is 5.27. The maximum absolute atomic E-state index is 12.8. The van der Waals surface area contributed by atoms with Gasteiger partial charge in [-0.25, -0.2) is 9.78 Å². The Labute approximate surface area is 169 Å². The first-order valence-corrected chi connectivity index (χ1v) is 9.36. The van der Waals surface area contributed by atoms with Crippen molar-refractivity contribution in [3.05, 3.63) is 51.4 Å². The molecule has 0 unspecified atom stereocenters. The van der Waals surface area contributed by atoms with Gasteiger partial charge in [-0.15, -0.1) is 11.3 Å². The van der Waals surface area contributed by atoms with E-state index >= 15 is 0 Å². The molecule has 1 aromatic carbocycles. The molecule has 0 saturated carbocycles. The highest BCUT2D eigenvalue weighted by molar-refractivity contribution is 7.20. The third kappa shape index (κ3) is 4.32. The standard InChI is InChI=1S/C19H18N4O5S/c1-10-15-17(29-16(10)19(27)28-3)20-9-23(18(15)26)8-14(25)22-13-6-4-12(5-7-13)21-11(2)24/h4-7,9H,8H2,1-3H3,(H,21,24)(H,22,25). The van der Waals surface area contributed by atoms with E-state index in [1.807, 2.05) is 0 Å². The molecular weight excluding hydrogens is 396 g/mol. The second-order valence-corrected chi connectivity index (χ2v) is 7.21. The van der Waals surface area contributed by atoms with Gasteiger partial charge >= 0.3 is 5.97 Å². The highest BCUT2D eigenvalue weighted by Gasteiger charge is 2.20. The molecule has 3 aromatic rings. The third-order valence-electron chi connectivity index (χ3n) is 4.09. The Bertz CT molecular complexity index is 1160. The second-order valence-electron chi connectivity index (χ2n) is 6.21. The van der Waals surface area contributed by atoms with Crippen LogP contribution in [0.3, 0.4) is 0 Å². The molecular formula is C19H18N4O5S. The van der Waals surface area contributed by atoms with E-state index in [1.165, 1.54) is 24.9 Å². The van der Waals surface area contributed by atoms with Gasteiger partial charge in [0.25, 0.3) is 5.56 Å². The number of hydrogen-bond acceptors (Lipinski definition) is 7. The summed E-state index contributed by atoms with van der Waals surface area (Å²) in [6.07, 6.45) is 1.28. The zero-order chi connectivity index (χ0) is 21.1. The van der Waals surface area contributed by atoms with Crippen molar-refractivity contribution in [3.63, 3.8) is 0 Å². The van der Waals surface area contributed by atoms with Gasteiger partial charge in [-0.05, 0) is 36.8 Å². The van der Waals surface area contributed by atoms with Gasteiger partial charge in [-0.2, -0.15) is 0 Å². The molecule has 10 heteroatoms. The van der Waals surface area contributed by atoms with E-state index in [1.54, 1.807) is 31.2 Å². The normalized spacial score (nSPS) is 10.6. The van der Waals surface area contributed by atoms with Crippen LogP contribution in [-0.2, 0) is 20.9 Å². The number of rotatable bonds is 5. The fourth-order valence-electron chi connectivity index (χ4n) is 2.75. The fraction of sp³-hybridized carbons (Fsp3) is 0.211. The number of aryl methyl sites for hydroxylation is 1. The molecule has 0 fully saturated rings. The van der Waals surface area contributed by atoms with Gasteiger partial charge in [0.2, 0.25) is 11.8 Å². The summed E-state index contributed by atoms with van der Waals surface area (Å²) in [6, 6.07) is 6.58. The van der Waals surface area contributed by atoms with Gasteiger partial charge in [-0.3, -0.25) is 19.0 Å². The number of methoxy groups -OCH3 is 1. The molecule has 0 spiro atoms. The molecule has 0 aliphatic rings. The van der Waals surface area contributed by atoms with Gasteiger partial charge in [0.1, 0.15) is 16.3 Å². The van der Waals surface area contributed by atoms with Crippen LogP contribution < -0.4 is 16.2 Å². The topological polar surface area (TPSA) is 119 Å². The lowest BCUT2D eigenvalue weighted by Crippen LogP contribution is -2.27. The van der Waals surface area contributed by atoms with Crippen LogP contribution in [0.15, 0.2) is 35.4 Å². The van der Waals surface area contributed by atoms with Crippen molar-refractivity contribution < 1.29 is 19.1 Å². The maximum Gasteiger partial charge on any atom is 0.348 e. The number of fused-ring (bicyclic) bond motifs is 1. The quantitative estimate of drug-likeness (QED) is 0.618. The number of anilines is 2. The van der Waals surface area contributed by atoms with Crippen LogP contribution in [0.5, 0.6) is 0 Å². The summed E-state index contributed by atoms with van der Waals surface area (Å²) >= 11 is 1.08. The van der Waals surface area contributed by atoms with Gasteiger partial charge in [0.15, 0.2) is 0 Å². The predicted octanol–water partition coefficient (Wildman–Crippen LogP) is 2.15. The summed E-state index contributed by atoms with van der Waals surface area (Å²) in [6.45, 7) is 2.81. The van der Waals surface area contributed by atoms with Gasteiger partial charge in [-0.1, -0.05) is 0 Å². The molecule has 0 atom stereocenters. The average molecular weight is 414 g/mol. The molecule has 0 aliphatic heterocycles. The van der Waals surface area contributed by atoms with Crippen LogP contribution in [0.4, 0.5) is 11.4 Å². The summed E-state index contributed by atoms with van der Waals surface area (Å²) in [7, 11) is 1.27. The predicted molar refractivity (Wildman–Crippen MR) is 109 cm³/mol. The monoisotopic (exact) mass is 414 g/mol. The smallest absolute Gasteiger partial charge is 0.348 e. The highest BCUT2D eigenvalue weighted by Crippen LogP contribution is 2.27. The van der Waals surface area contributed by atoms with E-state index in [9.17, 15) is 19.2 Å². The molecule has 3 rings (SSSR count). The van der Waals surface area contributed by atoms with Crippen molar-refractivity contribution in [2.75, 3.05) is 17.7 Å². The van der Waals surface area contributed by atoms with E-state index in [0.717, 1.165) is 11.3 Å². The molecule has 9 nitrogen and oxygen atoms in total. The lowest BCUT2D eigenvalue weighted by atomic mass is 10.2.